The second kappa shape index (κ2) is 5.77. The molecule has 5 heteroatoms. The molecule has 0 bridgehead atoms. The van der Waals surface area contributed by atoms with Gasteiger partial charge in [0.1, 0.15) is 11.8 Å². The number of hydrogen-bond acceptors (Lipinski definition) is 5. The van der Waals surface area contributed by atoms with Gasteiger partial charge in [0.15, 0.2) is 0 Å². The summed E-state index contributed by atoms with van der Waals surface area (Å²) in [6.45, 7) is 3.91. The van der Waals surface area contributed by atoms with Crippen LogP contribution in [-0.2, 0) is 0 Å². The van der Waals surface area contributed by atoms with Crippen molar-refractivity contribution in [3.8, 4) is 6.07 Å². The monoisotopic (exact) mass is 265 g/mol. The van der Waals surface area contributed by atoms with Crippen molar-refractivity contribution in [2.75, 3.05) is 5.75 Å². The third-order valence-corrected chi connectivity index (χ3v) is 3.92. The molecule has 1 N–H and O–H groups in total. The molecule has 1 aliphatic rings. The van der Waals surface area contributed by atoms with Gasteiger partial charge in [0.05, 0.1) is 11.8 Å². The van der Waals surface area contributed by atoms with Crippen LogP contribution in [0.1, 0.15) is 38.3 Å². The lowest BCUT2D eigenvalue weighted by Gasteiger charge is -2.22. The molecular formula is C13H19N3OS. The predicted octanol–water partition coefficient (Wildman–Crippen LogP) is 2.89. The van der Waals surface area contributed by atoms with E-state index in [0.717, 1.165) is 29.5 Å². The number of aryl methyl sites for hydroxylation is 1. The highest BCUT2D eigenvalue weighted by Gasteiger charge is 2.31. The van der Waals surface area contributed by atoms with E-state index in [4.69, 9.17) is 4.42 Å². The molecule has 1 fully saturated rings. The Morgan fingerprint density at radius 3 is 3.00 bits per heavy atom. The first-order chi connectivity index (χ1) is 8.61. The van der Waals surface area contributed by atoms with Gasteiger partial charge in [-0.25, -0.2) is 4.98 Å². The molecule has 4 nitrogen and oxygen atoms in total. The van der Waals surface area contributed by atoms with Gasteiger partial charge in [-0.3, -0.25) is 5.32 Å². The summed E-state index contributed by atoms with van der Waals surface area (Å²) in [7, 11) is 0. The van der Waals surface area contributed by atoms with Gasteiger partial charge < -0.3 is 4.42 Å². The molecule has 0 aliphatic heterocycles. The Labute approximate surface area is 112 Å². The smallest absolute Gasteiger partial charge is 0.255 e. The Kier molecular flexibility index (Phi) is 4.31. The molecule has 1 unspecified atom stereocenters. The minimum absolute atomic E-state index is 0.381. The number of nitriles is 1. The maximum atomic E-state index is 9.23. The van der Waals surface area contributed by atoms with Gasteiger partial charge in [-0.05, 0) is 39.5 Å². The van der Waals surface area contributed by atoms with Crippen LogP contribution in [0.5, 0.6) is 0 Å². The Hall–Kier alpha value is -0.990. The van der Waals surface area contributed by atoms with Gasteiger partial charge >= 0.3 is 0 Å². The van der Waals surface area contributed by atoms with Crippen molar-refractivity contribution in [2.45, 2.75) is 56.3 Å². The zero-order valence-corrected chi connectivity index (χ0v) is 11.7. The number of thioether (sulfide) groups is 1. The molecule has 1 heterocycles. The fraction of sp³-hybridized carbons (Fsp3) is 0.692. The summed E-state index contributed by atoms with van der Waals surface area (Å²) in [6.07, 6.45) is 5.93. The Bertz CT molecular complexity index is 436. The number of oxazole rings is 1. The van der Waals surface area contributed by atoms with Gasteiger partial charge in [0.2, 0.25) is 0 Å². The van der Waals surface area contributed by atoms with E-state index in [1.807, 2.05) is 13.8 Å². The van der Waals surface area contributed by atoms with Crippen LogP contribution in [0.2, 0.25) is 0 Å². The molecule has 1 atom stereocenters. The van der Waals surface area contributed by atoms with Gasteiger partial charge in [0.25, 0.3) is 5.22 Å². The summed E-state index contributed by atoms with van der Waals surface area (Å²) >= 11 is 1.61. The fourth-order valence-corrected chi connectivity index (χ4v) is 2.61. The van der Waals surface area contributed by atoms with Crippen molar-refractivity contribution in [2.24, 2.45) is 0 Å². The highest BCUT2D eigenvalue weighted by molar-refractivity contribution is 7.99. The van der Waals surface area contributed by atoms with E-state index in [0.29, 0.717) is 6.04 Å². The number of hydrogen-bond donors (Lipinski definition) is 1. The first kappa shape index (κ1) is 13.4. The standard InChI is InChI=1S/C13H19N3OS/c1-10-8-17-12(15-10)18-7-3-6-13(2,9-14)16-11-4-5-11/h8,11,16H,3-7H2,1-2H3. The quantitative estimate of drug-likeness (QED) is 0.606. The fourth-order valence-electron chi connectivity index (χ4n) is 1.82. The van der Waals surface area contributed by atoms with Crippen LogP contribution in [0.4, 0.5) is 0 Å². The van der Waals surface area contributed by atoms with E-state index in [-0.39, 0.29) is 5.54 Å². The molecule has 0 amide bonds. The molecule has 0 aromatic carbocycles. The van der Waals surface area contributed by atoms with Gasteiger partial charge in [-0.2, -0.15) is 5.26 Å². The largest absolute Gasteiger partial charge is 0.440 e. The van der Waals surface area contributed by atoms with Crippen LogP contribution in [-0.4, -0.2) is 22.3 Å². The van der Waals surface area contributed by atoms with Crippen molar-refractivity contribution < 1.29 is 4.42 Å². The molecule has 0 spiro atoms. The van der Waals surface area contributed by atoms with E-state index < -0.39 is 0 Å². The Morgan fingerprint density at radius 2 is 2.44 bits per heavy atom. The van der Waals surface area contributed by atoms with Crippen LogP contribution in [0.25, 0.3) is 0 Å². The lowest BCUT2D eigenvalue weighted by molar-refractivity contribution is 0.411. The van der Waals surface area contributed by atoms with E-state index in [1.165, 1.54) is 12.8 Å². The second-order valence-corrected chi connectivity index (χ2v) is 6.12. The molecule has 1 aliphatic carbocycles. The minimum Gasteiger partial charge on any atom is -0.440 e. The summed E-state index contributed by atoms with van der Waals surface area (Å²) in [5.41, 5.74) is 0.531. The first-order valence-corrected chi connectivity index (χ1v) is 7.34. The zero-order valence-electron chi connectivity index (χ0n) is 10.9. The molecule has 1 aromatic rings. The molecule has 98 valence electrons. The third-order valence-electron chi connectivity index (χ3n) is 2.99. The van der Waals surface area contributed by atoms with E-state index >= 15 is 0 Å². The van der Waals surface area contributed by atoms with E-state index in [1.54, 1.807) is 18.0 Å². The van der Waals surface area contributed by atoms with E-state index in [2.05, 4.69) is 16.4 Å². The summed E-state index contributed by atoms with van der Waals surface area (Å²) < 4.78 is 5.27. The summed E-state index contributed by atoms with van der Waals surface area (Å²) in [5.74, 6) is 0.934. The van der Waals surface area contributed by atoms with E-state index in [9.17, 15) is 5.26 Å². The van der Waals surface area contributed by atoms with Crippen LogP contribution in [0.15, 0.2) is 15.9 Å². The molecule has 1 saturated carbocycles. The van der Waals surface area contributed by atoms with Crippen LogP contribution >= 0.6 is 11.8 Å². The van der Waals surface area contributed by atoms with Crippen molar-refractivity contribution >= 4 is 11.8 Å². The number of rotatable bonds is 7. The van der Waals surface area contributed by atoms with Crippen molar-refractivity contribution in [3.05, 3.63) is 12.0 Å². The van der Waals surface area contributed by atoms with Crippen molar-refractivity contribution in [1.82, 2.24) is 10.3 Å². The highest BCUT2D eigenvalue weighted by Crippen LogP contribution is 2.25. The van der Waals surface area contributed by atoms with Crippen LogP contribution in [0.3, 0.4) is 0 Å². The van der Waals surface area contributed by atoms with Crippen LogP contribution in [0, 0.1) is 18.3 Å². The number of aromatic nitrogens is 1. The normalized spacial score (nSPS) is 18.3. The molecule has 2 rings (SSSR count). The Balaban J connectivity index is 1.68. The van der Waals surface area contributed by atoms with Gasteiger partial charge in [-0.1, -0.05) is 11.8 Å². The van der Waals surface area contributed by atoms with Gasteiger partial charge in [0, 0.05) is 11.8 Å². The number of nitrogens with one attached hydrogen (secondary N) is 1. The summed E-state index contributed by atoms with van der Waals surface area (Å²) in [6, 6.07) is 2.96. The zero-order chi connectivity index (χ0) is 13.0. The second-order valence-electron chi connectivity index (χ2n) is 5.07. The van der Waals surface area contributed by atoms with Gasteiger partial charge in [-0.15, -0.1) is 0 Å². The van der Waals surface area contributed by atoms with Crippen molar-refractivity contribution in [3.63, 3.8) is 0 Å². The maximum absolute atomic E-state index is 9.23. The molecule has 18 heavy (non-hydrogen) atoms. The number of nitrogens with zero attached hydrogens (tertiary/aromatic N) is 2. The lowest BCUT2D eigenvalue weighted by Crippen LogP contribution is -2.42. The maximum Gasteiger partial charge on any atom is 0.255 e. The Morgan fingerprint density at radius 1 is 1.67 bits per heavy atom. The van der Waals surface area contributed by atoms with Crippen LogP contribution < -0.4 is 5.32 Å². The minimum atomic E-state index is -0.381. The summed E-state index contributed by atoms with van der Waals surface area (Å²) in [5, 5.41) is 13.4. The summed E-state index contributed by atoms with van der Waals surface area (Å²) in [4.78, 5) is 4.24. The molecule has 0 radical (unpaired) electrons. The highest BCUT2D eigenvalue weighted by atomic mass is 32.2. The topological polar surface area (TPSA) is 61.9 Å². The average molecular weight is 265 g/mol. The predicted molar refractivity (Wildman–Crippen MR) is 71.4 cm³/mol. The SMILES string of the molecule is Cc1coc(SCCCC(C)(C#N)NC2CC2)n1. The average Bonchev–Trinajstić information content (AvgIpc) is 3.06. The molecular weight excluding hydrogens is 246 g/mol. The molecule has 0 saturated heterocycles. The molecule has 1 aromatic heterocycles. The van der Waals surface area contributed by atoms with Crippen molar-refractivity contribution in [1.29, 1.82) is 5.26 Å². The first-order valence-electron chi connectivity index (χ1n) is 6.35. The third kappa shape index (κ3) is 4.04. The lowest BCUT2D eigenvalue weighted by atomic mass is 9.98.